The maximum atomic E-state index is 12.3. The van der Waals surface area contributed by atoms with E-state index in [0.29, 0.717) is 9.99 Å². The molecule has 0 heterocycles. The lowest BCUT2D eigenvalue weighted by atomic mass is 10.2. The number of nitrogens with one attached hydrogen (secondary N) is 1. The van der Waals surface area contributed by atoms with Crippen LogP contribution in [0, 0.1) is 3.57 Å². The summed E-state index contributed by atoms with van der Waals surface area (Å²) in [6.45, 7) is 2.54. The van der Waals surface area contributed by atoms with Crippen molar-refractivity contribution in [2.24, 2.45) is 0 Å². The monoisotopic (exact) mass is 426 g/mol. The number of aromatic carboxylic acids is 1. The van der Waals surface area contributed by atoms with E-state index in [1.54, 1.807) is 6.92 Å². The van der Waals surface area contributed by atoms with Crippen molar-refractivity contribution in [3.63, 3.8) is 0 Å². The fourth-order valence-electron chi connectivity index (χ4n) is 1.68. The van der Waals surface area contributed by atoms with E-state index in [9.17, 15) is 13.2 Å². The zero-order valence-corrected chi connectivity index (χ0v) is 15.1. The number of sulfonamides is 1. The van der Waals surface area contributed by atoms with Crippen LogP contribution in [0.25, 0.3) is 0 Å². The number of benzene rings is 1. The van der Waals surface area contributed by atoms with Crippen molar-refractivity contribution in [3.8, 4) is 0 Å². The first kappa shape index (κ1) is 18.3. The summed E-state index contributed by atoms with van der Waals surface area (Å²) in [5.74, 6) is -1.14. The number of nitrogens with zero attached hydrogens (tertiary/aromatic N) is 1. The normalized spacial score (nSPS) is 13.4. The van der Waals surface area contributed by atoms with Gasteiger partial charge in [0.25, 0.3) is 0 Å². The van der Waals surface area contributed by atoms with E-state index in [-0.39, 0.29) is 16.5 Å². The van der Waals surface area contributed by atoms with E-state index in [0.717, 1.165) is 6.54 Å². The minimum atomic E-state index is -3.72. The van der Waals surface area contributed by atoms with Crippen molar-refractivity contribution in [2.45, 2.75) is 24.3 Å². The summed E-state index contributed by atoms with van der Waals surface area (Å²) in [5.41, 5.74) is -0.0144. The second-order valence-electron chi connectivity index (χ2n) is 5.06. The molecule has 0 aliphatic carbocycles. The molecule has 1 atom stereocenters. The molecule has 0 aliphatic rings. The smallest absolute Gasteiger partial charge is 0.336 e. The Balaban J connectivity index is 2.93. The van der Waals surface area contributed by atoms with Gasteiger partial charge in [-0.1, -0.05) is 0 Å². The van der Waals surface area contributed by atoms with Gasteiger partial charge in [-0.25, -0.2) is 17.9 Å². The summed E-state index contributed by atoms with van der Waals surface area (Å²) in [4.78, 5) is 13.0. The van der Waals surface area contributed by atoms with Gasteiger partial charge < -0.3 is 10.0 Å². The molecule has 2 N–H and O–H groups in total. The van der Waals surface area contributed by atoms with Crippen LogP contribution in [0.1, 0.15) is 23.7 Å². The molecular weight excluding hydrogens is 407 g/mol. The molecule has 0 spiro atoms. The Bertz CT molecular complexity index is 617. The Morgan fingerprint density at radius 3 is 2.57 bits per heavy atom. The lowest BCUT2D eigenvalue weighted by molar-refractivity contribution is 0.0695. The predicted octanol–water partition coefficient (Wildman–Crippen LogP) is 1.61. The number of carboxylic acid groups (broad SMARTS) is 1. The van der Waals surface area contributed by atoms with Gasteiger partial charge in [0.1, 0.15) is 0 Å². The van der Waals surface area contributed by atoms with Gasteiger partial charge in [0, 0.05) is 9.61 Å². The Labute approximate surface area is 138 Å². The highest BCUT2D eigenvalue weighted by Gasteiger charge is 2.20. The van der Waals surface area contributed by atoms with Crippen molar-refractivity contribution < 1.29 is 18.3 Å². The van der Waals surface area contributed by atoms with E-state index in [4.69, 9.17) is 5.11 Å². The summed E-state index contributed by atoms with van der Waals surface area (Å²) in [6.07, 6.45) is 0.669. The van der Waals surface area contributed by atoms with Crippen LogP contribution in [-0.4, -0.2) is 51.1 Å². The quantitative estimate of drug-likeness (QED) is 0.648. The molecule has 21 heavy (non-hydrogen) atoms. The summed E-state index contributed by atoms with van der Waals surface area (Å²) >= 11 is 1.86. The highest BCUT2D eigenvalue weighted by atomic mass is 127. The van der Waals surface area contributed by atoms with Crippen LogP contribution in [0.4, 0.5) is 0 Å². The summed E-state index contributed by atoms with van der Waals surface area (Å²) in [6, 6.07) is 3.86. The third kappa shape index (κ3) is 5.53. The molecule has 0 aliphatic heterocycles. The first-order valence-corrected chi connectivity index (χ1v) is 8.89. The van der Waals surface area contributed by atoms with E-state index < -0.39 is 16.0 Å². The number of rotatable bonds is 7. The molecule has 118 valence electrons. The minimum Gasteiger partial charge on any atom is -0.478 e. The highest BCUT2D eigenvalue weighted by molar-refractivity contribution is 14.1. The van der Waals surface area contributed by atoms with Crippen molar-refractivity contribution in [1.29, 1.82) is 0 Å². The Kier molecular flexibility index (Phi) is 6.57. The SMILES string of the molecule is CC(CCN(C)C)NS(=O)(=O)c1ccc(I)c(C(=O)O)c1. The number of hydrogen-bond acceptors (Lipinski definition) is 4. The zero-order chi connectivity index (χ0) is 16.2. The van der Waals surface area contributed by atoms with Crippen LogP contribution >= 0.6 is 22.6 Å². The molecule has 0 fully saturated rings. The van der Waals surface area contributed by atoms with E-state index in [1.165, 1.54) is 18.2 Å². The lowest BCUT2D eigenvalue weighted by Gasteiger charge is -2.17. The summed E-state index contributed by atoms with van der Waals surface area (Å²) in [5, 5.41) is 9.06. The topological polar surface area (TPSA) is 86.7 Å². The molecule has 0 amide bonds. The second-order valence-corrected chi connectivity index (χ2v) is 7.94. The van der Waals surface area contributed by atoms with E-state index in [2.05, 4.69) is 4.72 Å². The predicted molar refractivity (Wildman–Crippen MR) is 89.1 cm³/mol. The first-order chi connectivity index (χ1) is 9.63. The van der Waals surface area contributed by atoms with E-state index >= 15 is 0 Å². The van der Waals surface area contributed by atoms with Gasteiger partial charge in [0.15, 0.2) is 0 Å². The van der Waals surface area contributed by atoms with Crippen LogP contribution in [0.2, 0.25) is 0 Å². The maximum absolute atomic E-state index is 12.3. The third-order valence-corrected chi connectivity index (χ3v) is 5.37. The molecule has 1 rings (SSSR count). The van der Waals surface area contributed by atoms with Gasteiger partial charge in [-0.2, -0.15) is 0 Å². The molecule has 0 saturated carbocycles. The summed E-state index contributed by atoms with van der Waals surface area (Å²) in [7, 11) is 0.117. The average molecular weight is 426 g/mol. The maximum Gasteiger partial charge on any atom is 0.336 e. The number of halogens is 1. The van der Waals surface area contributed by atoms with Crippen LogP contribution in [-0.2, 0) is 10.0 Å². The first-order valence-electron chi connectivity index (χ1n) is 6.33. The van der Waals surface area contributed by atoms with Gasteiger partial charge in [-0.3, -0.25) is 0 Å². The molecule has 8 heteroatoms. The van der Waals surface area contributed by atoms with Gasteiger partial charge in [0.05, 0.1) is 10.5 Å². The van der Waals surface area contributed by atoms with Crippen LogP contribution in [0.3, 0.4) is 0 Å². The fraction of sp³-hybridized carbons (Fsp3) is 0.462. The standard InChI is InChI=1S/C13H19IN2O4S/c1-9(6-7-16(2)3)15-21(19,20)10-4-5-12(14)11(8-10)13(17)18/h4-5,8-9,15H,6-7H2,1-3H3,(H,17,18). The Morgan fingerprint density at radius 1 is 1.43 bits per heavy atom. The Morgan fingerprint density at radius 2 is 2.05 bits per heavy atom. The fourth-order valence-corrected chi connectivity index (χ4v) is 3.55. The minimum absolute atomic E-state index is 0.0144. The Hall–Kier alpha value is -0.710. The van der Waals surface area contributed by atoms with Crippen molar-refractivity contribution in [1.82, 2.24) is 9.62 Å². The number of hydrogen-bond donors (Lipinski definition) is 2. The average Bonchev–Trinajstić information content (AvgIpc) is 2.35. The van der Waals surface area contributed by atoms with Crippen LogP contribution < -0.4 is 4.72 Å². The molecular formula is C13H19IN2O4S. The van der Waals surface area contributed by atoms with Gasteiger partial charge in [0.2, 0.25) is 10.0 Å². The number of carboxylic acids is 1. The molecule has 1 aromatic carbocycles. The van der Waals surface area contributed by atoms with Gasteiger partial charge in [-0.15, -0.1) is 0 Å². The van der Waals surface area contributed by atoms with Gasteiger partial charge >= 0.3 is 5.97 Å². The van der Waals surface area contributed by atoms with Crippen molar-refractivity contribution in [2.75, 3.05) is 20.6 Å². The summed E-state index contributed by atoms with van der Waals surface area (Å²) < 4.78 is 27.6. The van der Waals surface area contributed by atoms with Crippen LogP contribution in [0.5, 0.6) is 0 Å². The lowest BCUT2D eigenvalue weighted by Crippen LogP contribution is -2.34. The van der Waals surface area contributed by atoms with Gasteiger partial charge in [-0.05, 0) is 74.8 Å². The molecule has 0 bridgehead atoms. The highest BCUT2D eigenvalue weighted by Crippen LogP contribution is 2.18. The zero-order valence-electron chi connectivity index (χ0n) is 12.1. The van der Waals surface area contributed by atoms with E-state index in [1.807, 2.05) is 41.6 Å². The molecule has 1 aromatic rings. The molecule has 0 aromatic heterocycles. The molecule has 0 saturated heterocycles. The molecule has 1 unspecified atom stereocenters. The molecule has 0 radical (unpaired) electrons. The molecule has 6 nitrogen and oxygen atoms in total. The second kappa shape index (κ2) is 7.52. The number of carbonyl (C=O) groups is 1. The van der Waals surface area contributed by atoms with Crippen molar-refractivity contribution >= 4 is 38.6 Å². The third-order valence-electron chi connectivity index (χ3n) is 2.84. The van der Waals surface area contributed by atoms with Crippen LogP contribution in [0.15, 0.2) is 23.1 Å². The van der Waals surface area contributed by atoms with Crippen molar-refractivity contribution in [3.05, 3.63) is 27.3 Å². The largest absolute Gasteiger partial charge is 0.478 e.